The fourth-order valence-electron chi connectivity index (χ4n) is 2.18. The van der Waals surface area contributed by atoms with Gasteiger partial charge >= 0.3 is 0 Å². The number of aromatic nitrogens is 1. The first-order chi connectivity index (χ1) is 8.65. The van der Waals surface area contributed by atoms with Crippen LogP contribution in [0.1, 0.15) is 25.0 Å². The minimum Gasteiger partial charge on any atom is -0.504 e. The van der Waals surface area contributed by atoms with E-state index in [0.29, 0.717) is 12.3 Å². The molecule has 1 saturated heterocycles. The van der Waals surface area contributed by atoms with Crippen LogP contribution in [0, 0.1) is 12.8 Å². The molecule has 5 heteroatoms. The van der Waals surface area contributed by atoms with Crippen molar-refractivity contribution in [1.29, 1.82) is 0 Å². The molecule has 1 fully saturated rings. The Hall–Kier alpha value is -1.62. The molecule has 0 aromatic carbocycles. The van der Waals surface area contributed by atoms with Crippen molar-refractivity contribution in [3.63, 3.8) is 0 Å². The zero-order chi connectivity index (χ0) is 13.0. The molecule has 0 saturated carbocycles. The van der Waals surface area contributed by atoms with E-state index in [4.69, 9.17) is 0 Å². The molecule has 1 unspecified atom stereocenters. The van der Waals surface area contributed by atoms with E-state index >= 15 is 0 Å². The molecule has 1 aliphatic rings. The minimum absolute atomic E-state index is 0.00993. The minimum atomic E-state index is -0.0860. The van der Waals surface area contributed by atoms with E-state index in [0.717, 1.165) is 31.6 Å². The summed E-state index contributed by atoms with van der Waals surface area (Å²) in [7, 11) is 0. The van der Waals surface area contributed by atoms with Gasteiger partial charge < -0.3 is 15.7 Å². The molecule has 3 N–H and O–H groups in total. The number of aromatic hydroxyl groups is 1. The van der Waals surface area contributed by atoms with Gasteiger partial charge in [-0.05, 0) is 50.9 Å². The number of anilines is 1. The van der Waals surface area contributed by atoms with Crippen LogP contribution in [0.15, 0.2) is 12.1 Å². The fourth-order valence-corrected chi connectivity index (χ4v) is 2.18. The lowest BCUT2D eigenvalue weighted by atomic mass is 9.96. The molecular formula is C13H19N3O2. The van der Waals surface area contributed by atoms with E-state index in [1.807, 2.05) is 6.92 Å². The summed E-state index contributed by atoms with van der Waals surface area (Å²) in [4.78, 5) is 16.0. The largest absolute Gasteiger partial charge is 0.504 e. The number of carbonyl (C=O) groups is 1. The SMILES string of the molecule is Cc1ccc(O)c(NC(=O)CC2CCCNC2)n1. The van der Waals surface area contributed by atoms with Crippen LogP contribution in [0.25, 0.3) is 0 Å². The third-order valence-electron chi connectivity index (χ3n) is 3.14. The fraction of sp³-hybridized carbons (Fsp3) is 0.538. The summed E-state index contributed by atoms with van der Waals surface area (Å²) < 4.78 is 0. The van der Waals surface area contributed by atoms with Crippen molar-refractivity contribution in [3.8, 4) is 5.75 Å². The van der Waals surface area contributed by atoms with Gasteiger partial charge in [-0.15, -0.1) is 0 Å². The second-order valence-electron chi connectivity index (χ2n) is 4.79. The van der Waals surface area contributed by atoms with Crippen LogP contribution >= 0.6 is 0 Å². The molecule has 1 aromatic heterocycles. The number of nitrogens with zero attached hydrogens (tertiary/aromatic N) is 1. The number of piperidine rings is 1. The molecule has 1 aliphatic heterocycles. The van der Waals surface area contributed by atoms with Crippen LogP contribution in [0.3, 0.4) is 0 Å². The number of pyridine rings is 1. The van der Waals surface area contributed by atoms with Gasteiger partial charge in [0.25, 0.3) is 0 Å². The Bertz CT molecular complexity index is 428. The van der Waals surface area contributed by atoms with Crippen molar-refractivity contribution in [2.75, 3.05) is 18.4 Å². The summed E-state index contributed by atoms with van der Waals surface area (Å²) in [5.74, 6) is 0.558. The maximum atomic E-state index is 11.9. The van der Waals surface area contributed by atoms with Gasteiger partial charge in [-0.3, -0.25) is 4.79 Å². The second kappa shape index (κ2) is 5.82. The maximum absolute atomic E-state index is 11.9. The molecule has 0 bridgehead atoms. The average Bonchev–Trinajstić information content (AvgIpc) is 2.35. The van der Waals surface area contributed by atoms with Crippen molar-refractivity contribution in [2.45, 2.75) is 26.2 Å². The van der Waals surface area contributed by atoms with Crippen LogP contribution in [0.2, 0.25) is 0 Å². The summed E-state index contributed by atoms with van der Waals surface area (Å²) in [6.45, 7) is 3.75. The molecule has 0 aliphatic carbocycles. The lowest BCUT2D eigenvalue weighted by molar-refractivity contribution is -0.117. The van der Waals surface area contributed by atoms with Crippen LogP contribution in [0.4, 0.5) is 5.82 Å². The lowest BCUT2D eigenvalue weighted by Gasteiger charge is -2.22. The van der Waals surface area contributed by atoms with Gasteiger partial charge in [-0.2, -0.15) is 0 Å². The quantitative estimate of drug-likeness (QED) is 0.757. The number of hydrogen-bond acceptors (Lipinski definition) is 4. The summed E-state index contributed by atoms with van der Waals surface area (Å²) >= 11 is 0. The smallest absolute Gasteiger partial charge is 0.225 e. The molecule has 0 radical (unpaired) electrons. The summed E-state index contributed by atoms with van der Waals surface area (Å²) in [5.41, 5.74) is 0.766. The molecule has 18 heavy (non-hydrogen) atoms. The highest BCUT2D eigenvalue weighted by molar-refractivity contribution is 5.91. The Kier molecular flexibility index (Phi) is 4.15. The van der Waals surface area contributed by atoms with E-state index in [1.54, 1.807) is 12.1 Å². The van der Waals surface area contributed by atoms with Crippen molar-refractivity contribution in [3.05, 3.63) is 17.8 Å². The Balaban J connectivity index is 1.92. The van der Waals surface area contributed by atoms with Gasteiger partial charge in [0.15, 0.2) is 11.6 Å². The monoisotopic (exact) mass is 249 g/mol. The van der Waals surface area contributed by atoms with Crippen LogP contribution < -0.4 is 10.6 Å². The van der Waals surface area contributed by atoms with Crippen molar-refractivity contribution >= 4 is 11.7 Å². The van der Waals surface area contributed by atoms with Gasteiger partial charge in [0.05, 0.1) is 0 Å². The second-order valence-corrected chi connectivity index (χ2v) is 4.79. The normalized spacial score (nSPS) is 19.5. The molecule has 1 amide bonds. The predicted octanol–water partition coefficient (Wildman–Crippen LogP) is 1.42. The van der Waals surface area contributed by atoms with Gasteiger partial charge in [0.1, 0.15) is 0 Å². The van der Waals surface area contributed by atoms with E-state index in [-0.39, 0.29) is 17.5 Å². The number of aryl methyl sites for hydroxylation is 1. The number of amides is 1. The zero-order valence-electron chi connectivity index (χ0n) is 10.6. The third kappa shape index (κ3) is 3.43. The van der Waals surface area contributed by atoms with Crippen LogP contribution in [-0.2, 0) is 4.79 Å². The Labute approximate surface area is 107 Å². The van der Waals surface area contributed by atoms with Gasteiger partial charge in [0.2, 0.25) is 5.91 Å². The molecule has 5 nitrogen and oxygen atoms in total. The number of rotatable bonds is 3. The van der Waals surface area contributed by atoms with E-state index < -0.39 is 0 Å². The Morgan fingerprint density at radius 3 is 3.17 bits per heavy atom. The standard InChI is InChI=1S/C13H19N3O2/c1-9-4-5-11(17)13(15-9)16-12(18)7-10-3-2-6-14-8-10/h4-5,10,14,17H,2-3,6-8H2,1H3,(H,15,16,18). The predicted molar refractivity (Wildman–Crippen MR) is 69.5 cm³/mol. The first-order valence-electron chi connectivity index (χ1n) is 6.32. The Morgan fingerprint density at radius 2 is 2.44 bits per heavy atom. The molecule has 0 spiro atoms. The van der Waals surface area contributed by atoms with Gasteiger partial charge in [0, 0.05) is 12.1 Å². The topological polar surface area (TPSA) is 74.2 Å². The lowest BCUT2D eigenvalue weighted by Crippen LogP contribution is -2.32. The summed E-state index contributed by atoms with van der Waals surface area (Å²) in [6, 6.07) is 3.25. The highest BCUT2D eigenvalue weighted by atomic mass is 16.3. The molecule has 1 atom stereocenters. The average molecular weight is 249 g/mol. The van der Waals surface area contributed by atoms with Crippen molar-refractivity contribution < 1.29 is 9.90 Å². The van der Waals surface area contributed by atoms with Crippen LogP contribution in [-0.4, -0.2) is 29.1 Å². The van der Waals surface area contributed by atoms with E-state index in [9.17, 15) is 9.90 Å². The van der Waals surface area contributed by atoms with E-state index in [1.165, 1.54) is 0 Å². The van der Waals surface area contributed by atoms with Crippen LogP contribution in [0.5, 0.6) is 5.75 Å². The van der Waals surface area contributed by atoms with Gasteiger partial charge in [-0.25, -0.2) is 4.98 Å². The molecule has 2 rings (SSSR count). The summed E-state index contributed by atoms with van der Waals surface area (Å²) in [6.07, 6.45) is 2.67. The first-order valence-corrected chi connectivity index (χ1v) is 6.32. The maximum Gasteiger partial charge on any atom is 0.225 e. The van der Waals surface area contributed by atoms with Gasteiger partial charge in [-0.1, -0.05) is 0 Å². The van der Waals surface area contributed by atoms with Crippen molar-refractivity contribution in [1.82, 2.24) is 10.3 Å². The number of carbonyl (C=O) groups excluding carboxylic acids is 1. The zero-order valence-corrected chi connectivity index (χ0v) is 10.6. The third-order valence-corrected chi connectivity index (χ3v) is 3.14. The summed E-state index contributed by atoms with van der Waals surface area (Å²) in [5, 5.41) is 15.6. The molecular weight excluding hydrogens is 230 g/mol. The molecule has 1 aromatic rings. The first kappa shape index (κ1) is 12.8. The highest BCUT2D eigenvalue weighted by Gasteiger charge is 2.17. The number of nitrogens with one attached hydrogen (secondary N) is 2. The Morgan fingerprint density at radius 1 is 1.61 bits per heavy atom. The number of hydrogen-bond donors (Lipinski definition) is 3. The highest BCUT2D eigenvalue weighted by Crippen LogP contribution is 2.21. The van der Waals surface area contributed by atoms with Crippen molar-refractivity contribution in [2.24, 2.45) is 5.92 Å². The molecule has 98 valence electrons. The molecule has 2 heterocycles. The van der Waals surface area contributed by atoms with E-state index in [2.05, 4.69) is 15.6 Å².